The second-order valence-corrected chi connectivity index (χ2v) is 6.04. The van der Waals surface area contributed by atoms with E-state index < -0.39 is 5.97 Å². The highest BCUT2D eigenvalue weighted by atomic mass is 16.5. The van der Waals surface area contributed by atoms with Crippen LogP contribution in [0.5, 0.6) is 11.6 Å². The largest absolute Gasteiger partial charge is 0.477 e. The van der Waals surface area contributed by atoms with Gasteiger partial charge >= 0.3 is 11.6 Å². The molecule has 0 saturated heterocycles. The molecule has 0 saturated carbocycles. The number of hydrogen-bond donors (Lipinski definition) is 0. The minimum absolute atomic E-state index is 0.227. The van der Waals surface area contributed by atoms with Crippen molar-refractivity contribution in [3.05, 3.63) is 63.6 Å². The van der Waals surface area contributed by atoms with Gasteiger partial charge in [-0.15, -0.1) is 0 Å². The molecule has 0 aliphatic heterocycles. The van der Waals surface area contributed by atoms with E-state index in [9.17, 15) is 9.59 Å². The Hall–Kier alpha value is -3.15. The van der Waals surface area contributed by atoms with E-state index in [1.165, 1.54) is 0 Å². The Balaban J connectivity index is 1.67. The van der Waals surface area contributed by atoms with Crippen LogP contribution in [0, 0.1) is 0 Å². The Bertz CT molecular complexity index is 1050. The van der Waals surface area contributed by atoms with Gasteiger partial charge in [-0.3, -0.25) is 0 Å². The zero-order valence-electron chi connectivity index (χ0n) is 14.3. The molecule has 2 heterocycles. The molecule has 3 aromatic rings. The third-order valence-electron chi connectivity index (χ3n) is 4.43. The van der Waals surface area contributed by atoms with Crippen molar-refractivity contribution in [3.8, 4) is 11.6 Å². The molecule has 6 heteroatoms. The lowest BCUT2D eigenvalue weighted by molar-refractivity contribution is 0.0729. The predicted molar refractivity (Wildman–Crippen MR) is 94.9 cm³/mol. The standard InChI is InChI=1S/C20H17NO5/c1-2-24-18-16(7-4-10-21-18)20(23)25-12-8-9-14-13-5-3-6-15(13)19(22)26-17(14)11-12/h4,7-11H,2-3,5-6H2,1H3. The van der Waals surface area contributed by atoms with Crippen LogP contribution in [0.3, 0.4) is 0 Å². The van der Waals surface area contributed by atoms with Crippen molar-refractivity contribution in [2.45, 2.75) is 26.2 Å². The number of hydrogen-bond acceptors (Lipinski definition) is 6. The molecule has 1 aromatic carbocycles. The molecule has 1 aliphatic carbocycles. The van der Waals surface area contributed by atoms with E-state index >= 15 is 0 Å². The number of benzene rings is 1. The molecular formula is C20H17NO5. The first-order valence-electron chi connectivity index (χ1n) is 8.56. The van der Waals surface area contributed by atoms with Gasteiger partial charge in [0.2, 0.25) is 5.88 Å². The SMILES string of the molecule is CCOc1ncccc1C(=O)Oc1ccc2c3c(c(=O)oc2c1)CCC3. The highest BCUT2D eigenvalue weighted by Gasteiger charge is 2.21. The highest BCUT2D eigenvalue weighted by Crippen LogP contribution is 2.30. The highest BCUT2D eigenvalue weighted by molar-refractivity contribution is 5.94. The van der Waals surface area contributed by atoms with Gasteiger partial charge < -0.3 is 13.9 Å². The molecule has 26 heavy (non-hydrogen) atoms. The summed E-state index contributed by atoms with van der Waals surface area (Å²) in [7, 11) is 0. The number of fused-ring (bicyclic) bond motifs is 3. The Labute approximate surface area is 149 Å². The maximum Gasteiger partial charge on any atom is 0.349 e. The van der Waals surface area contributed by atoms with Gasteiger partial charge in [0.25, 0.3) is 0 Å². The van der Waals surface area contributed by atoms with Crippen LogP contribution in [0.4, 0.5) is 0 Å². The number of ether oxygens (including phenoxy) is 2. The molecule has 0 atom stereocenters. The lowest BCUT2D eigenvalue weighted by Crippen LogP contribution is -2.12. The first-order chi connectivity index (χ1) is 12.7. The molecule has 6 nitrogen and oxygen atoms in total. The summed E-state index contributed by atoms with van der Waals surface area (Å²) >= 11 is 0. The molecule has 2 aromatic heterocycles. The van der Waals surface area contributed by atoms with Crippen LogP contribution in [0.1, 0.15) is 34.8 Å². The molecule has 1 aliphatic rings. The molecule has 0 radical (unpaired) electrons. The molecule has 4 rings (SSSR count). The van der Waals surface area contributed by atoms with Crippen molar-refractivity contribution < 1.29 is 18.7 Å². The minimum Gasteiger partial charge on any atom is -0.477 e. The van der Waals surface area contributed by atoms with Gasteiger partial charge in [0.05, 0.1) is 6.61 Å². The summed E-state index contributed by atoms with van der Waals surface area (Å²) in [6, 6.07) is 8.34. The summed E-state index contributed by atoms with van der Waals surface area (Å²) in [5, 5.41) is 0.897. The number of rotatable bonds is 4. The Kier molecular flexibility index (Phi) is 4.16. The lowest BCUT2D eigenvalue weighted by atomic mass is 10.1. The zero-order valence-corrected chi connectivity index (χ0v) is 14.3. The van der Waals surface area contributed by atoms with Crippen molar-refractivity contribution in [2.75, 3.05) is 6.61 Å². The van der Waals surface area contributed by atoms with Gasteiger partial charge in [-0.05, 0) is 56.0 Å². The van der Waals surface area contributed by atoms with Crippen LogP contribution in [0.2, 0.25) is 0 Å². The lowest BCUT2D eigenvalue weighted by Gasteiger charge is -2.09. The number of pyridine rings is 1. The van der Waals surface area contributed by atoms with Gasteiger partial charge in [-0.25, -0.2) is 14.6 Å². The summed E-state index contributed by atoms with van der Waals surface area (Å²) in [4.78, 5) is 28.6. The average molecular weight is 351 g/mol. The second-order valence-electron chi connectivity index (χ2n) is 6.04. The van der Waals surface area contributed by atoms with Gasteiger partial charge in [-0.2, -0.15) is 0 Å². The average Bonchev–Trinajstić information content (AvgIpc) is 3.13. The fourth-order valence-electron chi connectivity index (χ4n) is 3.29. The topological polar surface area (TPSA) is 78.6 Å². The van der Waals surface area contributed by atoms with Gasteiger partial charge in [0, 0.05) is 23.2 Å². The van der Waals surface area contributed by atoms with Crippen molar-refractivity contribution >= 4 is 16.9 Å². The van der Waals surface area contributed by atoms with Crippen LogP contribution < -0.4 is 15.1 Å². The van der Waals surface area contributed by atoms with Crippen LogP contribution in [0.25, 0.3) is 11.0 Å². The summed E-state index contributed by atoms with van der Waals surface area (Å²) in [5.41, 5.74) is 2.17. The van der Waals surface area contributed by atoms with E-state index in [1.807, 2.05) is 13.0 Å². The molecule has 0 N–H and O–H groups in total. The van der Waals surface area contributed by atoms with E-state index in [0.29, 0.717) is 17.9 Å². The maximum atomic E-state index is 12.5. The van der Waals surface area contributed by atoms with E-state index in [-0.39, 0.29) is 17.1 Å². The van der Waals surface area contributed by atoms with Crippen molar-refractivity contribution in [1.29, 1.82) is 0 Å². The fraction of sp³-hybridized carbons (Fsp3) is 0.250. The number of esters is 1. The Morgan fingerprint density at radius 1 is 1.23 bits per heavy atom. The molecule has 0 amide bonds. The quantitative estimate of drug-likeness (QED) is 0.408. The van der Waals surface area contributed by atoms with Crippen LogP contribution in [-0.4, -0.2) is 17.6 Å². The van der Waals surface area contributed by atoms with E-state index in [0.717, 1.165) is 35.8 Å². The summed E-state index contributed by atoms with van der Waals surface area (Å²) in [6.07, 6.45) is 4.12. The number of aryl methyl sites for hydroxylation is 1. The smallest absolute Gasteiger partial charge is 0.349 e. The second kappa shape index (κ2) is 6.63. The number of aromatic nitrogens is 1. The molecule has 0 spiro atoms. The minimum atomic E-state index is -0.579. The summed E-state index contributed by atoms with van der Waals surface area (Å²) in [6.45, 7) is 2.21. The number of carbonyl (C=O) groups is 1. The third-order valence-corrected chi connectivity index (χ3v) is 4.43. The Morgan fingerprint density at radius 2 is 2.08 bits per heavy atom. The summed E-state index contributed by atoms with van der Waals surface area (Å²) < 4.78 is 16.2. The van der Waals surface area contributed by atoms with E-state index in [2.05, 4.69) is 4.98 Å². The molecule has 0 unspecified atom stereocenters. The third kappa shape index (κ3) is 2.83. The van der Waals surface area contributed by atoms with E-state index in [1.54, 1.807) is 30.5 Å². The van der Waals surface area contributed by atoms with Crippen molar-refractivity contribution in [3.63, 3.8) is 0 Å². The first-order valence-corrected chi connectivity index (χ1v) is 8.56. The van der Waals surface area contributed by atoms with Gasteiger partial charge in [-0.1, -0.05) is 0 Å². The fourth-order valence-corrected chi connectivity index (χ4v) is 3.29. The Morgan fingerprint density at radius 3 is 2.92 bits per heavy atom. The van der Waals surface area contributed by atoms with Crippen LogP contribution in [-0.2, 0) is 12.8 Å². The van der Waals surface area contributed by atoms with Crippen LogP contribution >= 0.6 is 0 Å². The summed E-state index contributed by atoms with van der Waals surface area (Å²) in [5.74, 6) is -0.0514. The molecule has 132 valence electrons. The molecular weight excluding hydrogens is 334 g/mol. The predicted octanol–water partition coefficient (Wildman–Crippen LogP) is 3.29. The zero-order chi connectivity index (χ0) is 18.1. The van der Waals surface area contributed by atoms with Crippen LogP contribution in [0.15, 0.2) is 45.7 Å². The molecule has 0 bridgehead atoms. The normalized spacial score (nSPS) is 12.8. The number of carbonyl (C=O) groups excluding carboxylic acids is 1. The molecule has 0 fully saturated rings. The monoisotopic (exact) mass is 351 g/mol. The maximum absolute atomic E-state index is 12.5. The van der Waals surface area contributed by atoms with Crippen molar-refractivity contribution in [2.24, 2.45) is 0 Å². The number of nitrogens with zero attached hydrogens (tertiary/aromatic N) is 1. The van der Waals surface area contributed by atoms with Gasteiger partial charge in [0.1, 0.15) is 16.9 Å². The van der Waals surface area contributed by atoms with Gasteiger partial charge in [0.15, 0.2) is 0 Å². The van der Waals surface area contributed by atoms with Crippen molar-refractivity contribution in [1.82, 2.24) is 4.98 Å². The first kappa shape index (κ1) is 16.3. The van der Waals surface area contributed by atoms with E-state index in [4.69, 9.17) is 13.9 Å².